The molecule has 2 bridgehead atoms. The van der Waals surface area contributed by atoms with Crippen molar-refractivity contribution in [3.8, 4) is 11.1 Å². The number of nitrogens with zero attached hydrogens (tertiary/aromatic N) is 1. The molecule has 0 aromatic heterocycles. The summed E-state index contributed by atoms with van der Waals surface area (Å²) in [4.78, 5) is 0.202. The lowest BCUT2D eigenvalue weighted by Crippen LogP contribution is -2.49. The van der Waals surface area contributed by atoms with E-state index in [4.69, 9.17) is 0 Å². The molecule has 2 fully saturated rings. The summed E-state index contributed by atoms with van der Waals surface area (Å²) in [5.74, 6) is -0.323. The van der Waals surface area contributed by atoms with E-state index in [0.717, 1.165) is 11.1 Å². The average Bonchev–Trinajstić information content (AvgIpc) is 2.93. The van der Waals surface area contributed by atoms with Crippen LogP contribution in [0.4, 0.5) is 4.39 Å². The molecular weight excluding hydrogens is 401 g/mol. The summed E-state index contributed by atoms with van der Waals surface area (Å²) in [6, 6.07) is 12.1. The van der Waals surface area contributed by atoms with Crippen LogP contribution in [0.1, 0.15) is 25.7 Å². The largest absolute Gasteiger partial charge is 0.243 e. The fourth-order valence-electron chi connectivity index (χ4n) is 4.41. The van der Waals surface area contributed by atoms with Crippen molar-refractivity contribution in [1.29, 1.82) is 0 Å². The number of fused-ring (bicyclic) bond motifs is 2. The number of benzene rings is 2. The third kappa shape index (κ3) is 3.49. The molecule has 150 valence electrons. The summed E-state index contributed by atoms with van der Waals surface area (Å²) < 4.78 is 64.9. The number of hydrogen-bond acceptors (Lipinski definition) is 4. The zero-order valence-electron chi connectivity index (χ0n) is 15.5. The number of hydrogen-bond donors (Lipinski definition) is 0. The molecule has 2 aromatic rings. The molecule has 4 rings (SSSR count). The zero-order chi connectivity index (χ0) is 20.1. The van der Waals surface area contributed by atoms with Crippen molar-refractivity contribution < 1.29 is 21.2 Å². The number of rotatable bonds is 4. The topological polar surface area (TPSA) is 71.5 Å². The van der Waals surface area contributed by atoms with E-state index in [1.54, 1.807) is 36.4 Å². The van der Waals surface area contributed by atoms with Crippen molar-refractivity contribution in [2.45, 2.75) is 47.9 Å². The fourth-order valence-corrected chi connectivity index (χ4v) is 7.44. The van der Waals surface area contributed by atoms with Crippen LogP contribution in [0.25, 0.3) is 11.1 Å². The maximum absolute atomic E-state index is 13.2. The van der Waals surface area contributed by atoms with Crippen LogP contribution >= 0.6 is 0 Å². The lowest BCUT2D eigenvalue weighted by Gasteiger charge is -2.37. The van der Waals surface area contributed by atoms with Crippen molar-refractivity contribution in [3.63, 3.8) is 0 Å². The molecule has 5 nitrogen and oxygen atoms in total. The Morgan fingerprint density at radius 2 is 1.29 bits per heavy atom. The third-order valence-corrected chi connectivity index (χ3v) is 9.45. The van der Waals surface area contributed by atoms with E-state index in [1.165, 1.54) is 22.7 Å². The quantitative estimate of drug-likeness (QED) is 0.757. The molecule has 8 heteroatoms. The van der Waals surface area contributed by atoms with Gasteiger partial charge in [0.15, 0.2) is 0 Å². The molecule has 2 aliphatic heterocycles. The minimum absolute atomic E-state index is 0.202. The van der Waals surface area contributed by atoms with Crippen LogP contribution in [0, 0.1) is 5.82 Å². The van der Waals surface area contributed by atoms with Gasteiger partial charge in [0.2, 0.25) is 10.0 Å². The molecule has 0 N–H and O–H groups in total. The standard InChI is InChI=1S/C20H22FNO4S2/c1-27(23,24)20-12-17-8-9-18(13-20)22(17)28(25,26)19-10-4-15(5-11-19)14-2-6-16(21)7-3-14/h2-7,10-11,17-18,20H,8-9,12-13H2,1H3. The smallest absolute Gasteiger partial charge is 0.229 e. The Balaban J connectivity index is 1.60. The van der Waals surface area contributed by atoms with Gasteiger partial charge < -0.3 is 0 Å². The van der Waals surface area contributed by atoms with Crippen LogP contribution in [0.15, 0.2) is 53.4 Å². The van der Waals surface area contributed by atoms with Crippen LogP contribution in [0.2, 0.25) is 0 Å². The molecule has 2 atom stereocenters. The summed E-state index contributed by atoms with van der Waals surface area (Å²) in [6.07, 6.45) is 3.35. The van der Waals surface area contributed by atoms with E-state index < -0.39 is 25.1 Å². The molecule has 2 aliphatic rings. The predicted octanol–water partition coefficient (Wildman–Crippen LogP) is 3.22. The average molecular weight is 424 g/mol. The Bertz CT molecular complexity index is 1070. The SMILES string of the molecule is CS(=O)(=O)C1CC2CCC(C1)N2S(=O)(=O)c1ccc(-c2ccc(F)cc2)cc1. The van der Waals surface area contributed by atoms with Gasteiger partial charge in [0.25, 0.3) is 0 Å². The van der Waals surface area contributed by atoms with Gasteiger partial charge >= 0.3 is 0 Å². The number of halogens is 1. The minimum atomic E-state index is -3.69. The van der Waals surface area contributed by atoms with Crippen LogP contribution in [0.3, 0.4) is 0 Å². The summed E-state index contributed by atoms with van der Waals surface area (Å²) in [6.45, 7) is 0. The first-order valence-corrected chi connectivity index (χ1v) is 12.6. The number of sulfonamides is 1. The number of piperidine rings is 1. The third-order valence-electron chi connectivity index (χ3n) is 5.84. The predicted molar refractivity (Wildman–Crippen MR) is 106 cm³/mol. The Labute approximate surface area is 165 Å². The Kier molecular flexibility index (Phi) is 4.84. The van der Waals surface area contributed by atoms with Crippen molar-refractivity contribution in [2.24, 2.45) is 0 Å². The van der Waals surface area contributed by atoms with Gasteiger partial charge in [-0.15, -0.1) is 0 Å². The maximum Gasteiger partial charge on any atom is 0.243 e. The van der Waals surface area contributed by atoms with E-state index in [1.807, 2.05) is 0 Å². The molecule has 0 spiro atoms. The first-order valence-electron chi connectivity index (χ1n) is 9.24. The second-order valence-corrected chi connectivity index (χ2v) is 11.8. The maximum atomic E-state index is 13.2. The van der Waals surface area contributed by atoms with E-state index >= 15 is 0 Å². The van der Waals surface area contributed by atoms with Crippen molar-refractivity contribution in [2.75, 3.05) is 6.26 Å². The Hall–Kier alpha value is -1.77. The van der Waals surface area contributed by atoms with Crippen molar-refractivity contribution in [3.05, 3.63) is 54.3 Å². The van der Waals surface area contributed by atoms with Gasteiger partial charge in [0.1, 0.15) is 15.7 Å². The summed E-state index contributed by atoms with van der Waals surface area (Å²) >= 11 is 0. The minimum Gasteiger partial charge on any atom is -0.229 e. The summed E-state index contributed by atoms with van der Waals surface area (Å²) in [7, 11) is -6.87. The second-order valence-electron chi connectivity index (χ2n) is 7.67. The van der Waals surface area contributed by atoms with Crippen LogP contribution in [-0.2, 0) is 19.9 Å². The van der Waals surface area contributed by atoms with Crippen molar-refractivity contribution in [1.82, 2.24) is 4.31 Å². The Morgan fingerprint density at radius 3 is 1.75 bits per heavy atom. The highest BCUT2D eigenvalue weighted by atomic mass is 32.2. The summed E-state index contributed by atoms with van der Waals surface area (Å²) in [5.41, 5.74) is 1.61. The molecule has 28 heavy (non-hydrogen) atoms. The molecule has 2 aromatic carbocycles. The van der Waals surface area contributed by atoms with E-state index in [9.17, 15) is 21.2 Å². The number of sulfone groups is 1. The van der Waals surface area contributed by atoms with E-state index in [0.29, 0.717) is 25.7 Å². The van der Waals surface area contributed by atoms with Gasteiger partial charge in [-0.2, -0.15) is 4.31 Å². The molecule has 2 saturated heterocycles. The Morgan fingerprint density at radius 1 is 0.821 bits per heavy atom. The molecule has 2 unspecified atom stereocenters. The highest BCUT2D eigenvalue weighted by Gasteiger charge is 2.49. The van der Waals surface area contributed by atoms with Gasteiger partial charge in [-0.3, -0.25) is 0 Å². The first kappa shape index (κ1) is 19.5. The van der Waals surface area contributed by atoms with Crippen LogP contribution in [-0.4, -0.2) is 44.7 Å². The molecule has 0 radical (unpaired) electrons. The lowest BCUT2D eigenvalue weighted by atomic mass is 10.1. The van der Waals surface area contributed by atoms with Crippen LogP contribution in [0.5, 0.6) is 0 Å². The highest BCUT2D eigenvalue weighted by Crippen LogP contribution is 2.41. The van der Waals surface area contributed by atoms with Crippen molar-refractivity contribution >= 4 is 19.9 Å². The molecular formula is C20H22FNO4S2. The lowest BCUT2D eigenvalue weighted by molar-refractivity contribution is 0.249. The fraction of sp³-hybridized carbons (Fsp3) is 0.400. The second kappa shape index (κ2) is 6.93. The molecule has 0 amide bonds. The van der Waals surface area contributed by atoms with Gasteiger partial charge in [0, 0.05) is 18.3 Å². The molecule has 0 aliphatic carbocycles. The van der Waals surface area contributed by atoms with Gasteiger partial charge in [-0.25, -0.2) is 21.2 Å². The van der Waals surface area contributed by atoms with Gasteiger partial charge in [0.05, 0.1) is 10.1 Å². The first-order chi connectivity index (χ1) is 13.2. The molecule has 2 heterocycles. The van der Waals surface area contributed by atoms with Gasteiger partial charge in [-0.1, -0.05) is 24.3 Å². The zero-order valence-corrected chi connectivity index (χ0v) is 17.1. The normalized spacial score (nSPS) is 25.7. The van der Waals surface area contributed by atoms with Crippen LogP contribution < -0.4 is 0 Å². The molecule has 0 saturated carbocycles. The van der Waals surface area contributed by atoms with E-state index in [2.05, 4.69) is 0 Å². The van der Waals surface area contributed by atoms with E-state index in [-0.39, 0.29) is 22.8 Å². The highest BCUT2D eigenvalue weighted by molar-refractivity contribution is 7.91. The van der Waals surface area contributed by atoms with Gasteiger partial charge in [-0.05, 0) is 61.1 Å². The monoisotopic (exact) mass is 423 g/mol. The summed E-state index contributed by atoms with van der Waals surface area (Å²) in [5, 5.41) is -0.461.